The van der Waals surface area contributed by atoms with Gasteiger partial charge in [0.05, 0.1) is 0 Å². The Balaban J connectivity index is 2.75. The molecule has 2 aromatic heterocycles. The van der Waals surface area contributed by atoms with Gasteiger partial charge in [-0.05, 0) is 12.8 Å². The van der Waals surface area contributed by atoms with E-state index in [1.807, 2.05) is 13.8 Å². The van der Waals surface area contributed by atoms with Crippen molar-refractivity contribution in [2.24, 2.45) is 13.0 Å². The van der Waals surface area contributed by atoms with Crippen molar-refractivity contribution < 1.29 is 9.53 Å². The van der Waals surface area contributed by atoms with Crippen LogP contribution in [0.2, 0.25) is 0 Å². The molecule has 0 spiro atoms. The highest BCUT2D eigenvalue weighted by Gasteiger charge is 2.20. The molecule has 0 radical (unpaired) electrons. The van der Waals surface area contributed by atoms with Gasteiger partial charge in [-0.1, -0.05) is 13.8 Å². The molecular weight excluding hydrogens is 288 g/mol. The fraction of sp³-hybridized carbons (Fsp3) is 0.571. The summed E-state index contributed by atoms with van der Waals surface area (Å²) in [4.78, 5) is 40.0. The van der Waals surface area contributed by atoms with Crippen LogP contribution in [-0.4, -0.2) is 24.7 Å². The maximum absolute atomic E-state index is 12.4. The summed E-state index contributed by atoms with van der Waals surface area (Å²) >= 11 is 0. The molecule has 2 heterocycles. The summed E-state index contributed by atoms with van der Waals surface area (Å²) in [7, 11) is 1.43. The zero-order valence-corrected chi connectivity index (χ0v) is 13.4. The summed E-state index contributed by atoms with van der Waals surface area (Å²) in [5.74, 6) is -0.240. The molecule has 22 heavy (non-hydrogen) atoms. The molecule has 0 saturated heterocycles. The molecule has 0 aliphatic rings. The van der Waals surface area contributed by atoms with Crippen molar-refractivity contribution in [2.45, 2.75) is 40.5 Å². The highest BCUT2D eigenvalue weighted by atomic mass is 16.6. The summed E-state index contributed by atoms with van der Waals surface area (Å²) in [6.07, 6.45) is 0.732. The predicted octanol–water partition coefficient (Wildman–Crippen LogP) is 0.634. The van der Waals surface area contributed by atoms with Gasteiger partial charge in [0.2, 0.25) is 0 Å². The largest absolute Gasteiger partial charge is 0.442 e. The van der Waals surface area contributed by atoms with Crippen LogP contribution >= 0.6 is 0 Å². The second-order valence-electron chi connectivity index (χ2n) is 5.68. The summed E-state index contributed by atoms with van der Waals surface area (Å²) in [5.41, 5.74) is -0.314. The van der Waals surface area contributed by atoms with E-state index >= 15 is 0 Å². The maximum atomic E-state index is 12.4. The van der Waals surface area contributed by atoms with Crippen LogP contribution in [0.25, 0.3) is 11.2 Å². The van der Waals surface area contributed by atoms with Crippen LogP contribution in [0.1, 0.15) is 33.9 Å². The maximum Gasteiger partial charge on any atom is 0.332 e. The Hall–Kier alpha value is -2.38. The van der Waals surface area contributed by atoms with E-state index in [-0.39, 0.29) is 11.4 Å². The molecule has 2 aromatic rings. The number of imidazole rings is 1. The number of esters is 1. The smallest absolute Gasteiger partial charge is 0.332 e. The third kappa shape index (κ3) is 2.68. The number of hydrogen-bond donors (Lipinski definition) is 0. The minimum absolute atomic E-state index is 0.217. The van der Waals surface area contributed by atoms with Gasteiger partial charge in [-0.2, -0.15) is 0 Å². The molecule has 0 fully saturated rings. The van der Waals surface area contributed by atoms with Gasteiger partial charge in [0.1, 0.15) is 6.33 Å². The molecule has 120 valence electrons. The van der Waals surface area contributed by atoms with Crippen LogP contribution in [-0.2, 0) is 23.1 Å². The monoisotopic (exact) mass is 308 g/mol. The standard InChI is InChI=1S/C14H20N4O4/c1-8(2)6-17-12-11(13(20)16(5)14(17)21)18(7-15-12)9(3)22-10(4)19/h7-9H,6H2,1-5H3. The molecule has 0 aliphatic heterocycles. The van der Waals surface area contributed by atoms with Gasteiger partial charge in [-0.25, -0.2) is 9.78 Å². The number of nitrogens with zero attached hydrogens (tertiary/aromatic N) is 4. The van der Waals surface area contributed by atoms with Crippen molar-refractivity contribution in [1.82, 2.24) is 18.7 Å². The first-order valence-corrected chi connectivity index (χ1v) is 7.07. The fourth-order valence-electron chi connectivity index (χ4n) is 2.37. The third-order valence-corrected chi connectivity index (χ3v) is 3.33. The minimum atomic E-state index is -0.680. The summed E-state index contributed by atoms with van der Waals surface area (Å²) in [6.45, 7) is 7.33. The number of hydrogen-bond acceptors (Lipinski definition) is 5. The van der Waals surface area contributed by atoms with E-state index in [9.17, 15) is 14.4 Å². The quantitative estimate of drug-likeness (QED) is 0.773. The highest BCUT2D eigenvalue weighted by molar-refractivity contribution is 5.71. The Kier molecular flexibility index (Phi) is 4.20. The van der Waals surface area contributed by atoms with Crippen LogP contribution in [0.5, 0.6) is 0 Å². The normalized spacial score (nSPS) is 12.8. The van der Waals surface area contributed by atoms with E-state index in [1.54, 1.807) is 6.92 Å². The predicted molar refractivity (Wildman–Crippen MR) is 80.5 cm³/mol. The van der Waals surface area contributed by atoms with Crippen LogP contribution in [0.3, 0.4) is 0 Å². The van der Waals surface area contributed by atoms with Crippen molar-refractivity contribution in [3.8, 4) is 0 Å². The van der Waals surface area contributed by atoms with Crippen molar-refractivity contribution in [3.63, 3.8) is 0 Å². The summed E-state index contributed by atoms with van der Waals surface area (Å²) < 4.78 is 9.08. The molecule has 8 nitrogen and oxygen atoms in total. The van der Waals surface area contributed by atoms with Gasteiger partial charge in [0.15, 0.2) is 17.4 Å². The topological polar surface area (TPSA) is 88.1 Å². The lowest BCUT2D eigenvalue weighted by molar-refractivity contribution is -0.149. The van der Waals surface area contributed by atoms with Gasteiger partial charge in [-0.3, -0.25) is 23.3 Å². The Morgan fingerprint density at radius 3 is 2.50 bits per heavy atom. The first-order chi connectivity index (χ1) is 10.2. The molecule has 0 saturated carbocycles. The zero-order valence-electron chi connectivity index (χ0n) is 13.4. The molecule has 0 N–H and O–H groups in total. The number of aromatic nitrogens is 4. The van der Waals surface area contributed by atoms with Gasteiger partial charge < -0.3 is 4.74 Å². The fourth-order valence-corrected chi connectivity index (χ4v) is 2.37. The SMILES string of the molecule is CC(=O)OC(C)n1cnc2c1c(=O)n(C)c(=O)n2CC(C)C. The number of ether oxygens (including phenoxy) is 1. The molecule has 0 aliphatic carbocycles. The first kappa shape index (κ1) is 16.0. The lowest BCUT2D eigenvalue weighted by Gasteiger charge is -2.15. The Morgan fingerprint density at radius 2 is 1.95 bits per heavy atom. The lowest BCUT2D eigenvalue weighted by Crippen LogP contribution is -2.39. The van der Waals surface area contributed by atoms with Crippen LogP contribution in [0.15, 0.2) is 15.9 Å². The van der Waals surface area contributed by atoms with E-state index in [1.165, 1.54) is 29.4 Å². The van der Waals surface area contributed by atoms with E-state index < -0.39 is 23.4 Å². The third-order valence-electron chi connectivity index (χ3n) is 3.33. The molecule has 8 heteroatoms. The van der Waals surface area contributed by atoms with Crippen LogP contribution in [0, 0.1) is 5.92 Å². The number of carbonyl (C=O) groups excluding carboxylic acids is 1. The van der Waals surface area contributed by atoms with Crippen molar-refractivity contribution in [1.29, 1.82) is 0 Å². The summed E-state index contributed by atoms with van der Waals surface area (Å²) in [5, 5.41) is 0. The van der Waals surface area contributed by atoms with Crippen LogP contribution < -0.4 is 11.2 Å². The Labute approximate surface area is 126 Å². The average Bonchev–Trinajstić information content (AvgIpc) is 2.85. The van der Waals surface area contributed by atoms with Gasteiger partial charge in [-0.15, -0.1) is 0 Å². The first-order valence-electron chi connectivity index (χ1n) is 7.07. The van der Waals surface area contributed by atoms with E-state index in [0.29, 0.717) is 12.2 Å². The van der Waals surface area contributed by atoms with Gasteiger partial charge in [0.25, 0.3) is 5.56 Å². The second-order valence-corrected chi connectivity index (χ2v) is 5.68. The summed E-state index contributed by atoms with van der Waals surface area (Å²) in [6, 6.07) is 0. The van der Waals surface area contributed by atoms with E-state index in [2.05, 4.69) is 4.98 Å². The molecule has 2 rings (SSSR count). The Morgan fingerprint density at radius 1 is 1.32 bits per heavy atom. The van der Waals surface area contributed by atoms with Gasteiger partial charge in [0, 0.05) is 20.5 Å². The highest BCUT2D eigenvalue weighted by Crippen LogP contribution is 2.15. The lowest BCUT2D eigenvalue weighted by atomic mass is 10.2. The van der Waals surface area contributed by atoms with E-state index in [0.717, 1.165) is 4.57 Å². The number of carbonyl (C=O) groups is 1. The molecule has 0 aromatic carbocycles. The average molecular weight is 308 g/mol. The second kappa shape index (κ2) is 5.78. The molecule has 0 bridgehead atoms. The number of rotatable bonds is 4. The van der Waals surface area contributed by atoms with Crippen molar-refractivity contribution in [3.05, 3.63) is 27.2 Å². The molecule has 0 amide bonds. The minimum Gasteiger partial charge on any atom is -0.442 e. The van der Waals surface area contributed by atoms with E-state index in [4.69, 9.17) is 4.74 Å². The molecule has 1 unspecified atom stereocenters. The zero-order chi connectivity index (χ0) is 16.6. The molecular formula is C14H20N4O4. The molecule has 1 atom stereocenters. The van der Waals surface area contributed by atoms with Crippen molar-refractivity contribution in [2.75, 3.05) is 0 Å². The number of fused-ring (bicyclic) bond motifs is 1. The van der Waals surface area contributed by atoms with Crippen molar-refractivity contribution >= 4 is 17.1 Å². The van der Waals surface area contributed by atoms with Gasteiger partial charge >= 0.3 is 11.7 Å². The Bertz CT molecular complexity index is 828. The van der Waals surface area contributed by atoms with Crippen LogP contribution in [0.4, 0.5) is 0 Å².